The first-order chi connectivity index (χ1) is 22.0. The van der Waals surface area contributed by atoms with Crippen LogP contribution >= 0.6 is 11.3 Å². The molecule has 0 bridgehead atoms. The molecule has 7 aromatic rings. The number of benzene rings is 4. The van der Waals surface area contributed by atoms with Gasteiger partial charge in [-0.3, -0.25) is 9.78 Å². The SMILES string of the molecule is CCC(CC)C(=O)/C=C(\O)C(CC)CC.[Ir].[c-]1ccc2c3c1c1nc4ccccc4cc1sc1cccc(c13)n2-c1ccccc1. The van der Waals surface area contributed by atoms with Gasteiger partial charge in [0.1, 0.15) is 0 Å². The Balaban J connectivity index is 0.000000225. The molecule has 1 radical (unpaired) electrons. The Hall–Kier alpha value is -3.83. The van der Waals surface area contributed by atoms with Crippen LogP contribution in [0.4, 0.5) is 0 Å². The predicted octanol–water partition coefficient (Wildman–Crippen LogP) is 11.4. The summed E-state index contributed by atoms with van der Waals surface area (Å²) in [6, 6.07) is 35.5. The molecule has 7 rings (SSSR count). The monoisotopic (exact) mass is 804 g/mol. The van der Waals surface area contributed by atoms with Gasteiger partial charge in [-0.25, -0.2) is 0 Å². The molecule has 0 aliphatic carbocycles. The number of fused-ring (bicyclic) bond motifs is 3. The quantitative estimate of drug-likeness (QED) is 0.0946. The summed E-state index contributed by atoms with van der Waals surface area (Å²) in [4.78, 5) is 16.8. The fourth-order valence-electron chi connectivity index (χ4n) is 6.39. The van der Waals surface area contributed by atoms with Gasteiger partial charge in [0.05, 0.1) is 11.3 Å². The summed E-state index contributed by atoms with van der Waals surface area (Å²) in [5, 5.41) is 14.5. The third-order valence-electron chi connectivity index (χ3n) is 8.95. The van der Waals surface area contributed by atoms with Crippen LogP contribution in [0.3, 0.4) is 0 Å². The maximum absolute atomic E-state index is 11.7. The molecule has 1 N–H and O–H groups in total. The molecule has 237 valence electrons. The number of aliphatic hydroxyl groups is 1. The van der Waals surface area contributed by atoms with Crippen LogP contribution in [-0.4, -0.2) is 20.4 Å². The Morgan fingerprint density at radius 2 is 1.50 bits per heavy atom. The van der Waals surface area contributed by atoms with Crippen LogP contribution in [0.2, 0.25) is 0 Å². The third-order valence-corrected chi connectivity index (χ3v) is 10.0. The minimum absolute atomic E-state index is 0. The molecule has 0 amide bonds. The van der Waals surface area contributed by atoms with E-state index in [1.807, 2.05) is 45.1 Å². The summed E-state index contributed by atoms with van der Waals surface area (Å²) < 4.78 is 4.81. The molecule has 0 spiro atoms. The van der Waals surface area contributed by atoms with Gasteiger partial charge in [0.15, 0.2) is 5.78 Å². The normalized spacial score (nSPS) is 11.9. The summed E-state index contributed by atoms with van der Waals surface area (Å²) in [6.45, 7) is 8.07. The number of nitrogens with zero attached hydrogens (tertiary/aromatic N) is 2. The van der Waals surface area contributed by atoms with Gasteiger partial charge in [0.2, 0.25) is 0 Å². The van der Waals surface area contributed by atoms with Gasteiger partial charge in [-0.2, -0.15) is 0 Å². The Kier molecular flexibility index (Phi) is 10.7. The first-order valence-electron chi connectivity index (χ1n) is 16.0. The standard InChI is InChI=1S/C27H15N2S.C13H24O2.Ir/c1-2-9-18(10-3-1)29-21-13-6-11-19-25(21)26-22(29)14-7-15-23(26)30-24-16-17-8-4-5-12-20(17)28-27(19)24;1-5-10(6-2)12(14)9-13(15)11(7-3)8-4;/h1-10,12-16H;9-11,14H,5-8H2,1-4H3;/q-1;;/b;12-9-;. The Bertz CT molecular complexity index is 2150. The molecule has 0 saturated carbocycles. The maximum atomic E-state index is 11.7. The van der Waals surface area contributed by atoms with Gasteiger partial charge in [0, 0.05) is 64.1 Å². The average Bonchev–Trinajstić information content (AvgIpc) is 3.34. The van der Waals surface area contributed by atoms with Crippen LogP contribution in [-0.2, 0) is 24.9 Å². The van der Waals surface area contributed by atoms with Crippen molar-refractivity contribution in [1.29, 1.82) is 0 Å². The minimum atomic E-state index is 0. The zero-order chi connectivity index (χ0) is 31.5. The summed E-state index contributed by atoms with van der Waals surface area (Å²) in [5.74, 6) is 0.547. The first-order valence-corrected chi connectivity index (χ1v) is 16.9. The second-order valence-electron chi connectivity index (χ2n) is 11.6. The molecule has 4 nitrogen and oxygen atoms in total. The van der Waals surface area contributed by atoms with E-state index >= 15 is 0 Å². The number of carbonyl (C=O) groups excluding carboxylic acids is 1. The Morgan fingerprint density at radius 1 is 0.826 bits per heavy atom. The largest absolute Gasteiger partial charge is 0.512 e. The summed E-state index contributed by atoms with van der Waals surface area (Å²) >= 11 is 1.81. The number of hydrogen-bond acceptors (Lipinski definition) is 4. The predicted molar refractivity (Wildman–Crippen MR) is 192 cm³/mol. The van der Waals surface area contributed by atoms with Crippen LogP contribution in [0.5, 0.6) is 0 Å². The van der Waals surface area contributed by atoms with Crippen molar-refractivity contribution >= 4 is 70.1 Å². The number of carbonyl (C=O) groups is 1. The zero-order valence-electron chi connectivity index (χ0n) is 26.7. The van der Waals surface area contributed by atoms with Crippen molar-refractivity contribution in [3.8, 4) is 5.69 Å². The number of para-hydroxylation sites is 2. The molecule has 4 aromatic carbocycles. The number of ketones is 1. The molecule has 3 aromatic heterocycles. The van der Waals surface area contributed by atoms with Gasteiger partial charge in [-0.05, 0) is 78.4 Å². The zero-order valence-corrected chi connectivity index (χ0v) is 29.9. The van der Waals surface area contributed by atoms with E-state index < -0.39 is 0 Å². The van der Waals surface area contributed by atoms with E-state index in [2.05, 4.69) is 95.6 Å². The molecular weight excluding hydrogens is 765 g/mol. The fourth-order valence-corrected chi connectivity index (χ4v) is 7.51. The van der Waals surface area contributed by atoms with Gasteiger partial charge >= 0.3 is 0 Å². The van der Waals surface area contributed by atoms with E-state index in [0.717, 1.165) is 42.1 Å². The van der Waals surface area contributed by atoms with E-state index in [9.17, 15) is 9.90 Å². The first kappa shape index (κ1) is 33.5. The van der Waals surface area contributed by atoms with Gasteiger partial charge in [-0.15, -0.1) is 34.9 Å². The molecule has 0 aliphatic rings. The number of aliphatic hydroxyl groups excluding tert-OH is 1. The molecular formula is C40H39IrN2O2S-. The number of allylic oxidation sites excluding steroid dienone is 2. The van der Waals surface area contributed by atoms with Crippen molar-refractivity contribution in [3.63, 3.8) is 0 Å². The maximum Gasteiger partial charge on any atom is 0.162 e. The summed E-state index contributed by atoms with van der Waals surface area (Å²) in [6.07, 6.45) is 4.91. The van der Waals surface area contributed by atoms with E-state index in [-0.39, 0.29) is 43.5 Å². The van der Waals surface area contributed by atoms with Crippen LogP contribution in [0.15, 0.2) is 103 Å². The molecule has 0 aliphatic heterocycles. The second kappa shape index (κ2) is 14.7. The Labute approximate surface area is 288 Å². The Morgan fingerprint density at radius 3 is 2.22 bits per heavy atom. The van der Waals surface area contributed by atoms with Crippen molar-refractivity contribution in [2.24, 2.45) is 11.8 Å². The van der Waals surface area contributed by atoms with Crippen molar-refractivity contribution < 1.29 is 30.0 Å². The van der Waals surface area contributed by atoms with Crippen molar-refractivity contribution in [2.75, 3.05) is 0 Å². The van der Waals surface area contributed by atoms with Gasteiger partial charge in [-0.1, -0.05) is 75.5 Å². The van der Waals surface area contributed by atoms with Crippen molar-refractivity contribution in [3.05, 3.63) is 109 Å². The van der Waals surface area contributed by atoms with Crippen LogP contribution in [0, 0.1) is 17.9 Å². The molecule has 0 unspecified atom stereocenters. The molecule has 3 heterocycles. The molecule has 0 saturated heterocycles. The van der Waals surface area contributed by atoms with Crippen LogP contribution in [0.1, 0.15) is 53.4 Å². The molecule has 0 fully saturated rings. The van der Waals surface area contributed by atoms with Crippen LogP contribution in [0.25, 0.3) is 58.7 Å². The van der Waals surface area contributed by atoms with Crippen LogP contribution < -0.4 is 0 Å². The summed E-state index contributed by atoms with van der Waals surface area (Å²) in [5.41, 5.74) is 5.63. The molecule has 6 heteroatoms. The minimum Gasteiger partial charge on any atom is -0.512 e. The van der Waals surface area contributed by atoms with Crippen molar-refractivity contribution in [2.45, 2.75) is 53.4 Å². The fraction of sp³-hybridized carbons (Fsp3) is 0.250. The summed E-state index contributed by atoms with van der Waals surface area (Å²) in [7, 11) is 0. The number of hydrogen-bond donors (Lipinski definition) is 1. The molecule has 0 atom stereocenters. The number of aromatic nitrogens is 2. The topological polar surface area (TPSA) is 55.1 Å². The number of rotatable bonds is 8. The van der Waals surface area contributed by atoms with E-state index in [4.69, 9.17) is 4.98 Å². The number of pyridine rings is 1. The van der Waals surface area contributed by atoms with E-state index in [0.29, 0.717) is 0 Å². The smallest absolute Gasteiger partial charge is 0.162 e. The third kappa shape index (κ3) is 6.27. The second-order valence-corrected chi connectivity index (χ2v) is 12.6. The van der Waals surface area contributed by atoms with Gasteiger partial charge < -0.3 is 9.67 Å². The van der Waals surface area contributed by atoms with E-state index in [1.165, 1.54) is 48.4 Å². The van der Waals surface area contributed by atoms with Gasteiger partial charge in [0.25, 0.3) is 0 Å². The average molecular weight is 804 g/mol. The molecule has 46 heavy (non-hydrogen) atoms. The van der Waals surface area contributed by atoms with E-state index in [1.54, 1.807) is 0 Å². The van der Waals surface area contributed by atoms with Crippen molar-refractivity contribution in [1.82, 2.24) is 9.55 Å².